The first-order valence-corrected chi connectivity index (χ1v) is 7.05. The third kappa shape index (κ3) is 2.83. The zero-order valence-corrected chi connectivity index (χ0v) is 12.6. The van der Waals surface area contributed by atoms with Crippen LogP contribution in [0.4, 0.5) is 5.69 Å². The summed E-state index contributed by atoms with van der Waals surface area (Å²) in [5, 5.41) is 14.5. The van der Waals surface area contributed by atoms with Gasteiger partial charge in [0.2, 0.25) is 0 Å². The third-order valence-electron chi connectivity index (χ3n) is 4.24. The minimum atomic E-state index is -0.297. The molecule has 0 bridgehead atoms. The fraction of sp³-hybridized carbons (Fsp3) is 0.600. The van der Waals surface area contributed by atoms with Gasteiger partial charge in [0, 0.05) is 42.8 Å². The number of rotatable bonds is 3. The predicted octanol–water partition coefficient (Wildman–Crippen LogP) is 2.65. The van der Waals surface area contributed by atoms with E-state index in [1.54, 1.807) is 13.0 Å². The Morgan fingerprint density at radius 1 is 1.45 bits per heavy atom. The lowest BCUT2D eigenvalue weighted by molar-refractivity contribution is -0.385. The summed E-state index contributed by atoms with van der Waals surface area (Å²) in [5.74, 6) is 0. The van der Waals surface area contributed by atoms with Gasteiger partial charge in [-0.3, -0.25) is 15.0 Å². The number of benzene rings is 1. The van der Waals surface area contributed by atoms with Gasteiger partial charge in [0.05, 0.1) is 4.92 Å². The fourth-order valence-corrected chi connectivity index (χ4v) is 2.98. The highest BCUT2D eigenvalue weighted by Crippen LogP contribution is 2.31. The van der Waals surface area contributed by atoms with E-state index in [1.165, 1.54) is 0 Å². The molecular formula is C15H23N3O2. The summed E-state index contributed by atoms with van der Waals surface area (Å²) in [6, 6.07) is 5.74. The number of nitro groups is 1. The summed E-state index contributed by atoms with van der Waals surface area (Å²) in [5.41, 5.74) is 1.99. The van der Waals surface area contributed by atoms with Crippen LogP contribution < -0.4 is 5.32 Å². The Hall–Kier alpha value is -1.46. The molecule has 0 radical (unpaired) electrons. The van der Waals surface area contributed by atoms with Crippen LogP contribution in [-0.2, 0) is 0 Å². The molecule has 1 N–H and O–H groups in total. The minimum absolute atomic E-state index is 0.0529. The summed E-state index contributed by atoms with van der Waals surface area (Å²) < 4.78 is 0. The normalized spacial score (nSPS) is 20.6. The quantitative estimate of drug-likeness (QED) is 0.681. The molecule has 1 atom stereocenters. The van der Waals surface area contributed by atoms with E-state index in [0.29, 0.717) is 5.56 Å². The van der Waals surface area contributed by atoms with Crippen LogP contribution in [0.2, 0.25) is 0 Å². The van der Waals surface area contributed by atoms with Gasteiger partial charge < -0.3 is 5.32 Å². The Balaban J connectivity index is 2.31. The summed E-state index contributed by atoms with van der Waals surface area (Å²) in [6.07, 6.45) is 0. The van der Waals surface area contributed by atoms with E-state index in [9.17, 15) is 10.1 Å². The van der Waals surface area contributed by atoms with Crippen molar-refractivity contribution >= 4 is 5.69 Å². The van der Waals surface area contributed by atoms with Crippen molar-refractivity contribution in [2.24, 2.45) is 0 Å². The average molecular weight is 277 g/mol. The highest BCUT2D eigenvalue weighted by molar-refractivity contribution is 5.43. The van der Waals surface area contributed by atoms with Crippen molar-refractivity contribution in [1.82, 2.24) is 10.2 Å². The Bertz CT molecular complexity index is 514. The topological polar surface area (TPSA) is 58.4 Å². The Morgan fingerprint density at radius 3 is 2.75 bits per heavy atom. The van der Waals surface area contributed by atoms with Gasteiger partial charge in [0.25, 0.3) is 5.69 Å². The zero-order chi connectivity index (χ0) is 14.9. The lowest BCUT2D eigenvalue weighted by atomic mass is 9.94. The molecular weight excluding hydrogens is 254 g/mol. The van der Waals surface area contributed by atoms with Gasteiger partial charge >= 0.3 is 0 Å². The maximum Gasteiger partial charge on any atom is 0.272 e. The number of hydrogen-bond acceptors (Lipinski definition) is 4. The Kier molecular flexibility index (Phi) is 4.11. The maximum atomic E-state index is 11.1. The van der Waals surface area contributed by atoms with Gasteiger partial charge in [-0.1, -0.05) is 12.1 Å². The van der Waals surface area contributed by atoms with Gasteiger partial charge in [-0.2, -0.15) is 0 Å². The standard InChI is InChI=1S/C15H23N3O2/c1-11-5-6-13(9-14(11)18(19)20)12(2)17-8-7-16-10-15(17,3)4/h5-6,9,12,16H,7-8,10H2,1-4H3. The van der Waals surface area contributed by atoms with E-state index in [2.05, 4.69) is 31.0 Å². The summed E-state index contributed by atoms with van der Waals surface area (Å²) in [6.45, 7) is 11.2. The molecule has 20 heavy (non-hydrogen) atoms. The van der Waals surface area contributed by atoms with Gasteiger partial charge in [-0.05, 0) is 33.3 Å². The molecule has 5 nitrogen and oxygen atoms in total. The van der Waals surface area contributed by atoms with Crippen LogP contribution >= 0.6 is 0 Å². The van der Waals surface area contributed by atoms with Crippen LogP contribution in [0.1, 0.15) is 37.9 Å². The molecule has 1 aliphatic rings. The second-order valence-electron chi connectivity index (χ2n) is 6.16. The molecule has 1 aromatic rings. The Labute approximate surface area is 120 Å². The minimum Gasteiger partial charge on any atom is -0.314 e. The van der Waals surface area contributed by atoms with E-state index < -0.39 is 0 Å². The highest BCUT2D eigenvalue weighted by Gasteiger charge is 2.33. The molecule has 1 unspecified atom stereocenters. The lowest BCUT2D eigenvalue weighted by Gasteiger charge is -2.46. The van der Waals surface area contributed by atoms with E-state index in [0.717, 1.165) is 25.2 Å². The molecule has 2 rings (SSSR count). The molecule has 0 amide bonds. The monoisotopic (exact) mass is 277 g/mol. The first-order valence-electron chi connectivity index (χ1n) is 7.05. The number of nitrogens with zero attached hydrogens (tertiary/aromatic N) is 2. The highest BCUT2D eigenvalue weighted by atomic mass is 16.6. The second kappa shape index (κ2) is 5.50. The fourth-order valence-electron chi connectivity index (χ4n) is 2.98. The van der Waals surface area contributed by atoms with Crippen LogP contribution in [0, 0.1) is 17.0 Å². The third-order valence-corrected chi connectivity index (χ3v) is 4.24. The van der Waals surface area contributed by atoms with Crippen molar-refractivity contribution in [3.05, 3.63) is 39.4 Å². The van der Waals surface area contributed by atoms with Crippen molar-refractivity contribution in [3.8, 4) is 0 Å². The molecule has 1 fully saturated rings. The molecule has 0 aliphatic carbocycles. The van der Waals surface area contributed by atoms with Crippen LogP contribution in [0.15, 0.2) is 18.2 Å². The number of aryl methyl sites for hydroxylation is 1. The van der Waals surface area contributed by atoms with Crippen LogP contribution in [-0.4, -0.2) is 35.0 Å². The van der Waals surface area contributed by atoms with Crippen molar-refractivity contribution in [2.75, 3.05) is 19.6 Å². The van der Waals surface area contributed by atoms with E-state index in [-0.39, 0.29) is 22.2 Å². The summed E-state index contributed by atoms with van der Waals surface area (Å²) in [4.78, 5) is 13.2. The van der Waals surface area contributed by atoms with Gasteiger partial charge in [0.15, 0.2) is 0 Å². The van der Waals surface area contributed by atoms with E-state index in [1.807, 2.05) is 12.1 Å². The molecule has 1 saturated heterocycles. The average Bonchev–Trinajstić information content (AvgIpc) is 2.37. The summed E-state index contributed by atoms with van der Waals surface area (Å²) in [7, 11) is 0. The van der Waals surface area contributed by atoms with Gasteiger partial charge in [0.1, 0.15) is 0 Å². The smallest absolute Gasteiger partial charge is 0.272 e. The lowest BCUT2D eigenvalue weighted by Crippen LogP contribution is -2.58. The number of hydrogen-bond donors (Lipinski definition) is 1. The molecule has 0 spiro atoms. The zero-order valence-electron chi connectivity index (χ0n) is 12.6. The molecule has 0 aromatic heterocycles. The van der Waals surface area contributed by atoms with Gasteiger partial charge in [-0.25, -0.2) is 0 Å². The van der Waals surface area contributed by atoms with Crippen molar-refractivity contribution < 1.29 is 4.92 Å². The van der Waals surface area contributed by atoms with Crippen molar-refractivity contribution in [1.29, 1.82) is 0 Å². The first kappa shape index (κ1) is 14.9. The van der Waals surface area contributed by atoms with E-state index >= 15 is 0 Å². The number of nitrogens with one attached hydrogen (secondary N) is 1. The number of nitro benzene ring substituents is 1. The predicted molar refractivity (Wildman–Crippen MR) is 79.9 cm³/mol. The van der Waals surface area contributed by atoms with Crippen LogP contribution in [0.25, 0.3) is 0 Å². The summed E-state index contributed by atoms with van der Waals surface area (Å²) >= 11 is 0. The molecule has 1 heterocycles. The van der Waals surface area contributed by atoms with Crippen molar-refractivity contribution in [3.63, 3.8) is 0 Å². The number of piperazine rings is 1. The molecule has 110 valence electrons. The second-order valence-corrected chi connectivity index (χ2v) is 6.16. The molecule has 5 heteroatoms. The molecule has 0 saturated carbocycles. The van der Waals surface area contributed by atoms with E-state index in [4.69, 9.17) is 0 Å². The van der Waals surface area contributed by atoms with Crippen LogP contribution in [0.5, 0.6) is 0 Å². The van der Waals surface area contributed by atoms with Gasteiger partial charge in [-0.15, -0.1) is 0 Å². The first-order chi connectivity index (χ1) is 9.33. The molecule has 1 aliphatic heterocycles. The molecule has 1 aromatic carbocycles. The Morgan fingerprint density at radius 2 is 2.15 bits per heavy atom. The largest absolute Gasteiger partial charge is 0.314 e. The SMILES string of the molecule is Cc1ccc(C(C)N2CCNCC2(C)C)cc1[N+](=O)[O-]. The van der Waals surface area contributed by atoms with Crippen LogP contribution in [0.3, 0.4) is 0 Å². The maximum absolute atomic E-state index is 11.1. The van der Waals surface area contributed by atoms with Crippen molar-refractivity contribution in [2.45, 2.75) is 39.3 Å².